The van der Waals surface area contributed by atoms with Gasteiger partial charge >= 0.3 is 0 Å². The third kappa shape index (κ3) is 1.40. The third-order valence-electron chi connectivity index (χ3n) is 2.38. The molecule has 0 saturated carbocycles. The molecule has 0 aliphatic rings. The lowest BCUT2D eigenvalue weighted by Crippen LogP contribution is -1.91. The molecular formula is C11H13ClN2. The van der Waals surface area contributed by atoms with E-state index in [0.29, 0.717) is 5.92 Å². The van der Waals surface area contributed by atoms with E-state index in [9.17, 15) is 0 Å². The van der Waals surface area contributed by atoms with E-state index in [4.69, 9.17) is 11.6 Å². The van der Waals surface area contributed by atoms with Gasteiger partial charge in [0.05, 0.1) is 5.02 Å². The molecule has 74 valence electrons. The standard InChI is InChI=1S/C11H13ClN2/c1-6(2)9-5-13-11-8(10(9)12)4-7(3)14-11/h4-6H,1-3H3,(H,13,14). The molecule has 2 rings (SSSR count). The summed E-state index contributed by atoms with van der Waals surface area (Å²) in [6, 6.07) is 2.04. The molecule has 14 heavy (non-hydrogen) atoms. The second kappa shape index (κ2) is 3.28. The first kappa shape index (κ1) is 9.53. The van der Waals surface area contributed by atoms with Crippen molar-refractivity contribution in [2.75, 3.05) is 0 Å². The van der Waals surface area contributed by atoms with Gasteiger partial charge in [0.1, 0.15) is 5.65 Å². The van der Waals surface area contributed by atoms with Crippen LogP contribution in [-0.4, -0.2) is 9.97 Å². The first-order valence-corrected chi connectivity index (χ1v) is 5.11. The Hall–Kier alpha value is -1.02. The molecular weight excluding hydrogens is 196 g/mol. The molecule has 0 amide bonds. The molecule has 0 atom stereocenters. The summed E-state index contributed by atoms with van der Waals surface area (Å²) in [7, 11) is 0. The number of hydrogen-bond donors (Lipinski definition) is 1. The summed E-state index contributed by atoms with van der Waals surface area (Å²) in [5.41, 5.74) is 3.07. The zero-order valence-electron chi connectivity index (χ0n) is 8.56. The van der Waals surface area contributed by atoms with Gasteiger partial charge in [-0.05, 0) is 24.5 Å². The van der Waals surface area contributed by atoms with Gasteiger partial charge in [0.15, 0.2) is 0 Å². The molecule has 2 heterocycles. The number of rotatable bonds is 1. The Bertz CT molecular complexity index is 471. The number of H-pyrrole nitrogens is 1. The van der Waals surface area contributed by atoms with Crippen LogP contribution in [0.1, 0.15) is 31.0 Å². The highest BCUT2D eigenvalue weighted by Crippen LogP contribution is 2.30. The predicted molar refractivity (Wildman–Crippen MR) is 59.9 cm³/mol. The van der Waals surface area contributed by atoms with Crippen molar-refractivity contribution < 1.29 is 0 Å². The molecule has 3 heteroatoms. The van der Waals surface area contributed by atoms with E-state index in [1.807, 2.05) is 19.2 Å². The number of nitrogens with one attached hydrogen (secondary N) is 1. The highest BCUT2D eigenvalue weighted by Gasteiger charge is 2.10. The molecule has 0 radical (unpaired) electrons. The Labute approximate surface area is 88.3 Å². The van der Waals surface area contributed by atoms with E-state index in [1.165, 1.54) is 0 Å². The van der Waals surface area contributed by atoms with Gasteiger partial charge in [-0.25, -0.2) is 4.98 Å². The van der Waals surface area contributed by atoms with Crippen molar-refractivity contribution in [1.29, 1.82) is 0 Å². The highest BCUT2D eigenvalue weighted by molar-refractivity contribution is 6.36. The zero-order chi connectivity index (χ0) is 10.3. The molecule has 2 nitrogen and oxygen atoms in total. The topological polar surface area (TPSA) is 28.7 Å². The Kier molecular flexibility index (Phi) is 2.23. The highest BCUT2D eigenvalue weighted by atomic mass is 35.5. The molecule has 0 aliphatic heterocycles. The summed E-state index contributed by atoms with van der Waals surface area (Å²) < 4.78 is 0. The van der Waals surface area contributed by atoms with Crippen LogP contribution in [0.15, 0.2) is 12.3 Å². The van der Waals surface area contributed by atoms with Crippen LogP contribution < -0.4 is 0 Å². The van der Waals surface area contributed by atoms with Gasteiger partial charge in [-0.3, -0.25) is 0 Å². The van der Waals surface area contributed by atoms with Crippen LogP contribution in [0.5, 0.6) is 0 Å². The minimum absolute atomic E-state index is 0.412. The number of fused-ring (bicyclic) bond motifs is 1. The van der Waals surface area contributed by atoms with Crippen LogP contribution in [0.2, 0.25) is 5.02 Å². The lowest BCUT2D eigenvalue weighted by Gasteiger charge is -2.07. The van der Waals surface area contributed by atoms with E-state index in [2.05, 4.69) is 23.8 Å². The van der Waals surface area contributed by atoms with Crippen LogP contribution in [0.3, 0.4) is 0 Å². The maximum absolute atomic E-state index is 6.29. The maximum Gasteiger partial charge on any atom is 0.138 e. The average molecular weight is 209 g/mol. The van der Waals surface area contributed by atoms with Crippen molar-refractivity contribution in [1.82, 2.24) is 9.97 Å². The minimum Gasteiger partial charge on any atom is -0.344 e. The van der Waals surface area contributed by atoms with Crippen LogP contribution in [0.4, 0.5) is 0 Å². The van der Waals surface area contributed by atoms with Gasteiger partial charge in [0.2, 0.25) is 0 Å². The lowest BCUT2D eigenvalue weighted by molar-refractivity contribution is 0.862. The lowest BCUT2D eigenvalue weighted by atomic mass is 10.0. The molecule has 2 aromatic rings. The third-order valence-corrected chi connectivity index (χ3v) is 2.80. The molecule has 0 aromatic carbocycles. The SMILES string of the molecule is Cc1cc2c(Cl)c(C(C)C)cnc2[nH]1. The number of nitrogens with zero attached hydrogens (tertiary/aromatic N) is 1. The van der Waals surface area contributed by atoms with Crippen molar-refractivity contribution in [2.45, 2.75) is 26.7 Å². The number of hydrogen-bond acceptors (Lipinski definition) is 1. The predicted octanol–water partition coefficient (Wildman–Crippen LogP) is 3.65. The van der Waals surface area contributed by atoms with E-state index >= 15 is 0 Å². The summed E-state index contributed by atoms with van der Waals surface area (Å²) in [5.74, 6) is 0.412. The first-order chi connectivity index (χ1) is 6.59. The second-order valence-corrected chi connectivity index (χ2v) is 4.27. The normalized spacial score (nSPS) is 11.5. The van der Waals surface area contributed by atoms with Crippen molar-refractivity contribution in [3.8, 4) is 0 Å². The summed E-state index contributed by atoms with van der Waals surface area (Å²) >= 11 is 6.29. The van der Waals surface area contributed by atoms with Gasteiger partial charge in [-0.15, -0.1) is 0 Å². The second-order valence-electron chi connectivity index (χ2n) is 3.90. The molecule has 0 spiro atoms. The fraction of sp³-hybridized carbons (Fsp3) is 0.364. The first-order valence-electron chi connectivity index (χ1n) is 4.73. The van der Waals surface area contributed by atoms with Crippen LogP contribution in [-0.2, 0) is 0 Å². The van der Waals surface area contributed by atoms with Crippen molar-refractivity contribution in [3.05, 3.63) is 28.5 Å². The monoisotopic (exact) mass is 208 g/mol. The van der Waals surface area contributed by atoms with Gasteiger partial charge in [0, 0.05) is 17.3 Å². The Morgan fingerprint density at radius 1 is 1.43 bits per heavy atom. The molecule has 2 aromatic heterocycles. The van der Waals surface area contributed by atoms with Gasteiger partial charge in [-0.2, -0.15) is 0 Å². The number of aromatic amines is 1. The minimum atomic E-state index is 0.412. The largest absolute Gasteiger partial charge is 0.344 e. The summed E-state index contributed by atoms with van der Waals surface area (Å²) in [5, 5.41) is 1.85. The van der Waals surface area contributed by atoms with Crippen molar-refractivity contribution in [3.63, 3.8) is 0 Å². The van der Waals surface area contributed by atoms with Crippen LogP contribution in [0.25, 0.3) is 11.0 Å². The van der Waals surface area contributed by atoms with Crippen molar-refractivity contribution in [2.24, 2.45) is 0 Å². The molecule has 0 fully saturated rings. The van der Waals surface area contributed by atoms with E-state index in [-0.39, 0.29) is 0 Å². The van der Waals surface area contributed by atoms with Gasteiger partial charge < -0.3 is 4.98 Å². The molecule has 1 N–H and O–H groups in total. The molecule has 0 saturated heterocycles. The summed E-state index contributed by atoms with van der Waals surface area (Å²) in [6.07, 6.45) is 1.85. The van der Waals surface area contributed by atoms with Crippen molar-refractivity contribution >= 4 is 22.6 Å². The zero-order valence-corrected chi connectivity index (χ0v) is 9.31. The van der Waals surface area contributed by atoms with E-state index in [0.717, 1.165) is 27.3 Å². The number of aryl methyl sites for hydroxylation is 1. The Morgan fingerprint density at radius 2 is 2.14 bits per heavy atom. The molecule has 0 aliphatic carbocycles. The van der Waals surface area contributed by atoms with E-state index in [1.54, 1.807) is 0 Å². The van der Waals surface area contributed by atoms with Crippen LogP contribution >= 0.6 is 11.6 Å². The molecule has 0 bridgehead atoms. The van der Waals surface area contributed by atoms with Gasteiger partial charge in [0.25, 0.3) is 0 Å². The maximum atomic E-state index is 6.29. The Balaban J connectivity index is 2.74. The number of pyridine rings is 1. The summed E-state index contributed by atoms with van der Waals surface area (Å²) in [6.45, 7) is 6.25. The molecule has 0 unspecified atom stereocenters. The average Bonchev–Trinajstić information content (AvgIpc) is 2.46. The van der Waals surface area contributed by atoms with E-state index < -0.39 is 0 Å². The fourth-order valence-electron chi connectivity index (χ4n) is 1.59. The number of halogens is 1. The quantitative estimate of drug-likeness (QED) is 0.762. The fourth-order valence-corrected chi connectivity index (χ4v) is 2.00. The number of aromatic nitrogens is 2. The van der Waals surface area contributed by atoms with Crippen LogP contribution in [0, 0.1) is 6.92 Å². The smallest absolute Gasteiger partial charge is 0.138 e. The Morgan fingerprint density at radius 3 is 2.79 bits per heavy atom. The van der Waals surface area contributed by atoms with Gasteiger partial charge in [-0.1, -0.05) is 25.4 Å². The summed E-state index contributed by atoms with van der Waals surface area (Å²) in [4.78, 5) is 7.51.